The van der Waals surface area contributed by atoms with E-state index < -0.39 is 5.38 Å². The van der Waals surface area contributed by atoms with E-state index in [0.717, 1.165) is 5.56 Å². The SMILES string of the molecule is CC[C@@H](Cl)C(=O)N[C@H](C)c1ccccc1. The van der Waals surface area contributed by atoms with Gasteiger partial charge < -0.3 is 5.32 Å². The average molecular weight is 226 g/mol. The monoisotopic (exact) mass is 225 g/mol. The van der Waals surface area contributed by atoms with E-state index in [-0.39, 0.29) is 11.9 Å². The zero-order valence-corrected chi connectivity index (χ0v) is 9.79. The number of hydrogen-bond donors (Lipinski definition) is 1. The Morgan fingerprint density at radius 3 is 2.53 bits per heavy atom. The smallest absolute Gasteiger partial charge is 0.238 e. The highest BCUT2D eigenvalue weighted by molar-refractivity contribution is 6.30. The molecule has 3 heteroatoms. The molecule has 2 atom stereocenters. The minimum Gasteiger partial charge on any atom is -0.348 e. The van der Waals surface area contributed by atoms with E-state index >= 15 is 0 Å². The van der Waals surface area contributed by atoms with Crippen LogP contribution in [0.3, 0.4) is 0 Å². The number of hydrogen-bond acceptors (Lipinski definition) is 1. The van der Waals surface area contributed by atoms with E-state index in [0.29, 0.717) is 6.42 Å². The van der Waals surface area contributed by atoms with Crippen LogP contribution in [0.5, 0.6) is 0 Å². The summed E-state index contributed by atoms with van der Waals surface area (Å²) in [6.07, 6.45) is 0.648. The molecule has 2 nitrogen and oxygen atoms in total. The van der Waals surface area contributed by atoms with E-state index in [1.165, 1.54) is 0 Å². The van der Waals surface area contributed by atoms with Crippen LogP contribution in [0.1, 0.15) is 31.9 Å². The van der Waals surface area contributed by atoms with Gasteiger partial charge in [-0.2, -0.15) is 0 Å². The predicted octanol–water partition coefficient (Wildman–Crippen LogP) is 2.88. The Labute approximate surface area is 95.6 Å². The van der Waals surface area contributed by atoms with Crippen LogP contribution in [-0.2, 0) is 4.79 Å². The average Bonchev–Trinajstić information content (AvgIpc) is 2.29. The van der Waals surface area contributed by atoms with Gasteiger partial charge in [0.15, 0.2) is 0 Å². The number of alkyl halides is 1. The third-order valence-electron chi connectivity index (χ3n) is 2.30. The summed E-state index contributed by atoms with van der Waals surface area (Å²) in [6, 6.07) is 9.84. The first kappa shape index (κ1) is 12.1. The van der Waals surface area contributed by atoms with Gasteiger partial charge in [-0.15, -0.1) is 11.6 Å². The Bertz CT molecular complexity index is 313. The topological polar surface area (TPSA) is 29.1 Å². The van der Waals surface area contributed by atoms with E-state index in [1.54, 1.807) is 0 Å². The maximum atomic E-state index is 11.5. The number of carbonyl (C=O) groups excluding carboxylic acids is 1. The molecule has 0 spiro atoms. The van der Waals surface area contributed by atoms with Crippen LogP contribution in [0.25, 0.3) is 0 Å². The molecule has 1 amide bonds. The molecule has 0 saturated heterocycles. The van der Waals surface area contributed by atoms with E-state index in [9.17, 15) is 4.79 Å². The summed E-state index contributed by atoms with van der Waals surface area (Å²) >= 11 is 5.84. The van der Waals surface area contributed by atoms with Crippen molar-refractivity contribution in [3.8, 4) is 0 Å². The van der Waals surface area contributed by atoms with Crippen molar-refractivity contribution in [2.24, 2.45) is 0 Å². The van der Waals surface area contributed by atoms with Crippen molar-refractivity contribution >= 4 is 17.5 Å². The quantitative estimate of drug-likeness (QED) is 0.785. The first-order valence-corrected chi connectivity index (χ1v) is 5.58. The normalized spacial score (nSPS) is 14.3. The summed E-state index contributed by atoms with van der Waals surface area (Å²) in [4.78, 5) is 11.5. The Morgan fingerprint density at radius 2 is 2.00 bits per heavy atom. The molecule has 0 radical (unpaired) electrons. The molecule has 0 aliphatic heterocycles. The summed E-state index contributed by atoms with van der Waals surface area (Å²) in [6.45, 7) is 3.84. The second kappa shape index (κ2) is 5.76. The van der Waals surface area contributed by atoms with Crippen molar-refractivity contribution in [1.82, 2.24) is 5.32 Å². The van der Waals surface area contributed by atoms with Gasteiger partial charge in [0.25, 0.3) is 0 Å². The molecule has 0 heterocycles. The fourth-order valence-corrected chi connectivity index (χ4v) is 1.38. The third-order valence-corrected chi connectivity index (χ3v) is 2.81. The zero-order chi connectivity index (χ0) is 11.3. The molecule has 15 heavy (non-hydrogen) atoms. The molecule has 82 valence electrons. The van der Waals surface area contributed by atoms with Gasteiger partial charge in [0.05, 0.1) is 6.04 Å². The lowest BCUT2D eigenvalue weighted by atomic mass is 10.1. The van der Waals surface area contributed by atoms with Gasteiger partial charge in [-0.25, -0.2) is 0 Å². The standard InChI is InChI=1S/C12H16ClNO/c1-3-11(13)12(15)14-9(2)10-7-5-4-6-8-10/h4-9,11H,3H2,1-2H3,(H,14,15)/t9-,11-/m1/s1. The number of amides is 1. The minimum atomic E-state index is -0.434. The van der Waals surface area contributed by atoms with Crippen LogP contribution in [0.4, 0.5) is 0 Å². The second-order valence-corrected chi connectivity index (χ2v) is 4.04. The van der Waals surface area contributed by atoms with Crippen LogP contribution in [0.2, 0.25) is 0 Å². The maximum absolute atomic E-state index is 11.5. The molecule has 0 unspecified atom stereocenters. The minimum absolute atomic E-state index is 0.00602. The third kappa shape index (κ3) is 3.56. The lowest BCUT2D eigenvalue weighted by Crippen LogP contribution is -2.33. The molecule has 1 aromatic carbocycles. The van der Waals surface area contributed by atoms with Crippen molar-refractivity contribution in [2.75, 3.05) is 0 Å². The Morgan fingerprint density at radius 1 is 1.40 bits per heavy atom. The molecule has 0 aromatic heterocycles. The largest absolute Gasteiger partial charge is 0.348 e. The van der Waals surface area contributed by atoms with Gasteiger partial charge in [0, 0.05) is 0 Å². The first-order valence-electron chi connectivity index (χ1n) is 5.14. The van der Waals surface area contributed by atoms with Crippen LogP contribution in [0, 0.1) is 0 Å². The molecule has 0 aliphatic rings. The Balaban J connectivity index is 2.56. The van der Waals surface area contributed by atoms with Gasteiger partial charge in [0.1, 0.15) is 5.38 Å². The number of nitrogens with one attached hydrogen (secondary N) is 1. The van der Waals surface area contributed by atoms with Crippen molar-refractivity contribution in [3.63, 3.8) is 0 Å². The summed E-state index contributed by atoms with van der Waals surface area (Å²) in [5.41, 5.74) is 1.09. The number of rotatable bonds is 4. The molecule has 0 bridgehead atoms. The van der Waals surface area contributed by atoms with Crippen molar-refractivity contribution in [2.45, 2.75) is 31.7 Å². The van der Waals surface area contributed by atoms with Gasteiger partial charge in [-0.05, 0) is 18.9 Å². The van der Waals surface area contributed by atoms with Crippen LogP contribution in [0.15, 0.2) is 30.3 Å². The summed E-state index contributed by atoms with van der Waals surface area (Å²) in [5.74, 6) is -0.101. The van der Waals surface area contributed by atoms with E-state index in [4.69, 9.17) is 11.6 Å². The highest BCUT2D eigenvalue weighted by Gasteiger charge is 2.15. The van der Waals surface area contributed by atoms with Crippen molar-refractivity contribution in [1.29, 1.82) is 0 Å². The maximum Gasteiger partial charge on any atom is 0.238 e. The lowest BCUT2D eigenvalue weighted by Gasteiger charge is -2.16. The fraction of sp³-hybridized carbons (Fsp3) is 0.417. The van der Waals surface area contributed by atoms with Crippen molar-refractivity contribution in [3.05, 3.63) is 35.9 Å². The molecule has 0 aliphatic carbocycles. The van der Waals surface area contributed by atoms with Crippen LogP contribution < -0.4 is 5.32 Å². The predicted molar refractivity (Wildman–Crippen MR) is 62.9 cm³/mol. The molecule has 0 saturated carbocycles. The molecule has 1 N–H and O–H groups in total. The Kier molecular flexibility index (Phi) is 4.63. The lowest BCUT2D eigenvalue weighted by molar-refractivity contribution is -0.121. The van der Waals surface area contributed by atoms with E-state index in [1.807, 2.05) is 44.2 Å². The van der Waals surface area contributed by atoms with Gasteiger partial charge in [-0.3, -0.25) is 4.79 Å². The summed E-state index contributed by atoms with van der Waals surface area (Å²) in [5, 5.41) is 2.44. The van der Waals surface area contributed by atoms with Crippen molar-refractivity contribution < 1.29 is 4.79 Å². The molecule has 0 fully saturated rings. The van der Waals surface area contributed by atoms with Crippen LogP contribution >= 0.6 is 11.6 Å². The Hall–Kier alpha value is -1.02. The zero-order valence-electron chi connectivity index (χ0n) is 9.03. The van der Waals surface area contributed by atoms with Gasteiger partial charge in [-0.1, -0.05) is 37.3 Å². The summed E-state index contributed by atoms with van der Waals surface area (Å²) in [7, 11) is 0. The van der Waals surface area contributed by atoms with Gasteiger partial charge in [0.2, 0.25) is 5.91 Å². The van der Waals surface area contributed by atoms with Gasteiger partial charge >= 0.3 is 0 Å². The first-order chi connectivity index (χ1) is 7.15. The second-order valence-electron chi connectivity index (χ2n) is 3.52. The highest BCUT2D eigenvalue weighted by atomic mass is 35.5. The molecular formula is C12H16ClNO. The number of carbonyl (C=O) groups is 1. The molecular weight excluding hydrogens is 210 g/mol. The summed E-state index contributed by atoms with van der Waals surface area (Å²) < 4.78 is 0. The molecule has 1 rings (SSSR count). The number of halogens is 1. The fourth-order valence-electron chi connectivity index (χ4n) is 1.31. The molecule has 1 aromatic rings. The van der Waals surface area contributed by atoms with Crippen LogP contribution in [-0.4, -0.2) is 11.3 Å². The van der Waals surface area contributed by atoms with E-state index in [2.05, 4.69) is 5.32 Å². The highest BCUT2D eigenvalue weighted by Crippen LogP contribution is 2.12. The number of benzene rings is 1.